The highest BCUT2D eigenvalue weighted by atomic mass is 16.6. The molecule has 2 fully saturated rings. The van der Waals surface area contributed by atoms with Crippen LogP contribution in [0.1, 0.15) is 13.8 Å². The Morgan fingerprint density at radius 2 is 1.53 bits per heavy atom. The van der Waals surface area contributed by atoms with Gasteiger partial charge in [0.1, 0.15) is 17.6 Å². The van der Waals surface area contributed by atoms with Crippen LogP contribution in [0.25, 0.3) is 0 Å². The van der Waals surface area contributed by atoms with Crippen LogP contribution >= 0.6 is 0 Å². The number of methoxy groups -OCH3 is 2. The summed E-state index contributed by atoms with van der Waals surface area (Å²) in [6, 6.07) is 0. The predicted molar refractivity (Wildman–Crippen MR) is 95.7 cm³/mol. The van der Waals surface area contributed by atoms with Crippen molar-refractivity contribution in [2.45, 2.75) is 38.3 Å². The summed E-state index contributed by atoms with van der Waals surface area (Å²) >= 11 is 0. The Kier molecular flexibility index (Phi) is 4.94. The van der Waals surface area contributed by atoms with Gasteiger partial charge in [-0.05, 0) is 19.9 Å². The van der Waals surface area contributed by atoms with Crippen molar-refractivity contribution in [1.29, 1.82) is 0 Å². The molecule has 0 aliphatic carbocycles. The lowest BCUT2D eigenvalue weighted by atomic mass is 9.58. The van der Waals surface area contributed by atoms with E-state index in [2.05, 4.69) is 0 Å². The molecule has 0 aromatic heterocycles. The minimum Gasteiger partial charge on any atom is -0.466 e. The standard InChI is InChI=1S/C20H22O10/c1-5-27-16(21)8-7-9-12-13-10(17(22)25-3)11(18(23)26-4)15(30-13)20(12,14(8)29-9)19(24)28-6-2/h7,9,12-15H,5-6H2,1-4H3/t9-,12+,13+,14+,15-,20+/m0/s1. The van der Waals surface area contributed by atoms with Gasteiger partial charge in [0.05, 0.1) is 56.4 Å². The zero-order valence-corrected chi connectivity index (χ0v) is 17.0. The molecule has 10 nitrogen and oxygen atoms in total. The molecule has 4 rings (SSSR count). The summed E-state index contributed by atoms with van der Waals surface area (Å²) in [6.07, 6.45) is -2.30. The molecule has 0 aromatic carbocycles. The maximum Gasteiger partial charge on any atom is 0.337 e. The van der Waals surface area contributed by atoms with Crippen LogP contribution in [0.5, 0.6) is 0 Å². The molecule has 30 heavy (non-hydrogen) atoms. The van der Waals surface area contributed by atoms with Crippen molar-refractivity contribution in [3.63, 3.8) is 0 Å². The van der Waals surface area contributed by atoms with Gasteiger partial charge < -0.3 is 28.4 Å². The lowest BCUT2D eigenvalue weighted by molar-refractivity contribution is -0.163. The first kappa shape index (κ1) is 20.5. The number of carbonyl (C=O) groups excluding carboxylic acids is 4. The lowest BCUT2D eigenvalue weighted by Gasteiger charge is -2.39. The van der Waals surface area contributed by atoms with Gasteiger partial charge in [-0.1, -0.05) is 0 Å². The Morgan fingerprint density at radius 1 is 0.900 bits per heavy atom. The maximum atomic E-state index is 13.3. The van der Waals surface area contributed by atoms with Gasteiger partial charge in [0.2, 0.25) is 0 Å². The summed E-state index contributed by atoms with van der Waals surface area (Å²) < 4.78 is 32.1. The van der Waals surface area contributed by atoms with Crippen LogP contribution in [0, 0.1) is 11.3 Å². The van der Waals surface area contributed by atoms with Crippen LogP contribution in [0.4, 0.5) is 0 Å². The van der Waals surface area contributed by atoms with E-state index in [1.165, 1.54) is 7.11 Å². The second-order valence-electron chi connectivity index (χ2n) is 7.25. The van der Waals surface area contributed by atoms with Crippen LogP contribution in [-0.2, 0) is 47.6 Å². The summed E-state index contributed by atoms with van der Waals surface area (Å²) in [5.74, 6) is -3.54. The third kappa shape index (κ3) is 2.37. The van der Waals surface area contributed by atoms with Crippen molar-refractivity contribution < 1.29 is 47.6 Å². The van der Waals surface area contributed by atoms with E-state index in [0.29, 0.717) is 0 Å². The fourth-order valence-corrected chi connectivity index (χ4v) is 5.13. The van der Waals surface area contributed by atoms with Crippen molar-refractivity contribution in [3.05, 3.63) is 22.8 Å². The fourth-order valence-electron chi connectivity index (χ4n) is 5.13. The molecule has 0 N–H and O–H groups in total. The van der Waals surface area contributed by atoms with E-state index < -0.39 is 59.6 Å². The minimum absolute atomic E-state index is 0.00140. The second kappa shape index (κ2) is 7.21. The molecule has 6 atom stereocenters. The predicted octanol–water partition coefficient (Wildman–Crippen LogP) is -0.154. The molecule has 162 valence electrons. The minimum atomic E-state index is -1.52. The smallest absolute Gasteiger partial charge is 0.337 e. The molecule has 4 aliphatic heterocycles. The van der Waals surface area contributed by atoms with Crippen LogP contribution in [-0.4, -0.2) is 75.7 Å². The molecule has 0 spiro atoms. The molecular weight excluding hydrogens is 400 g/mol. The Labute approximate surface area is 172 Å². The Bertz CT molecular complexity index is 886. The molecule has 4 aliphatic rings. The average molecular weight is 422 g/mol. The molecule has 2 saturated heterocycles. The maximum absolute atomic E-state index is 13.3. The van der Waals surface area contributed by atoms with Gasteiger partial charge in [0.25, 0.3) is 0 Å². The van der Waals surface area contributed by atoms with Gasteiger partial charge in [-0.25, -0.2) is 14.4 Å². The van der Waals surface area contributed by atoms with E-state index in [9.17, 15) is 19.2 Å². The third-order valence-electron chi connectivity index (χ3n) is 6.09. The lowest BCUT2D eigenvalue weighted by Crippen LogP contribution is -2.57. The number of hydrogen-bond donors (Lipinski definition) is 0. The SMILES string of the molecule is CCOC(=O)C1=C[C@@H]2O[C@H]1[C@]1(C(=O)OCC)[C@H]2[C@@H]2O[C@H]1C(C(=O)OC)=C2C(=O)OC. The van der Waals surface area contributed by atoms with E-state index in [0.717, 1.165) is 7.11 Å². The van der Waals surface area contributed by atoms with Crippen LogP contribution in [0.15, 0.2) is 22.8 Å². The van der Waals surface area contributed by atoms with E-state index in [1.807, 2.05) is 0 Å². The van der Waals surface area contributed by atoms with E-state index in [4.69, 9.17) is 28.4 Å². The summed E-state index contributed by atoms with van der Waals surface area (Å²) in [5, 5.41) is 0. The number of carbonyl (C=O) groups is 4. The highest BCUT2D eigenvalue weighted by Crippen LogP contribution is 2.66. The molecule has 4 bridgehead atoms. The normalized spacial score (nSPS) is 35.1. The summed E-state index contributed by atoms with van der Waals surface area (Å²) in [6.45, 7) is 3.52. The summed E-state index contributed by atoms with van der Waals surface area (Å²) in [4.78, 5) is 50.9. The van der Waals surface area contributed by atoms with E-state index >= 15 is 0 Å². The number of rotatable bonds is 6. The van der Waals surface area contributed by atoms with Crippen molar-refractivity contribution >= 4 is 23.9 Å². The van der Waals surface area contributed by atoms with Gasteiger partial charge in [-0.15, -0.1) is 0 Å². The van der Waals surface area contributed by atoms with Crippen molar-refractivity contribution in [1.82, 2.24) is 0 Å². The summed E-state index contributed by atoms with van der Waals surface area (Å²) in [7, 11) is 2.34. The fraction of sp³-hybridized carbons (Fsp3) is 0.600. The Morgan fingerprint density at radius 3 is 2.13 bits per heavy atom. The number of ether oxygens (including phenoxy) is 6. The molecule has 4 heterocycles. The monoisotopic (exact) mass is 422 g/mol. The topological polar surface area (TPSA) is 124 Å². The second-order valence-corrected chi connectivity index (χ2v) is 7.25. The van der Waals surface area contributed by atoms with E-state index in [1.54, 1.807) is 19.9 Å². The third-order valence-corrected chi connectivity index (χ3v) is 6.09. The van der Waals surface area contributed by atoms with Crippen LogP contribution in [0.2, 0.25) is 0 Å². The first-order valence-corrected chi connectivity index (χ1v) is 9.65. The van der Waals surface area contributed by atoms with Crippen LogP contribution < -0.4 is 0 Å². The highest BCUT2D eigenvalue weighted by Gasteiger charge is 2.80. The zero-order chi connectivity index (χ0) is 21.8. The largest absolute Gasteiger partial charge is 0.466 e. The average Bonchev–Trinajstić information content (AvgIpc) is 3.48. The van der Waals surface area contributed by atoms with Gasteiger partial charge in [-0.2, -0.15) is 0 Å². The van der Waals surface area contributed by atoms with Gasteiger partial charge in [0, 0.05) is 5.92 Å². The number of esters is 4. The molecule has 0 amide bonds. The Hall–Kier alpha value is -2.72. The van der Waals surface area contributed by atoms with Crippen molar-refractivity contribution in [3.8, 4) is 0 Å². The first-order chi connectivity index (χ1) is 14.4. The molecule has 10 heteroatoms. The first-order valence-electron chi connectivity index (χ1n) is 9.65. The zero-order valence-electron chi connectivity index (χ0n) is 17.0. The molecule has 0 aromatic rings. The molecular formula is C20H22O10. The van der Waals surface area contributed by atoms with Gasteiger partial charge in [0.15, 0.2) is 0 Å². The summed E-state index contributed by atoms with van der Waals surface area (Å²) in [5.41, 5.74) is -1.46. The van der Waals surface area contributed by atoms with Gasteiger partial charge in [-0.3, -0.25) is 4.79 Å². The quantitative estimate of drug-likeness (QED) is 0.421. The Balaban J connectivity index is 1.88. The van der Waals surface area contributed by atoms with Crippen molar-refractivity contribution in [2.75, 3.05) is 27.4 Å². The van der Waals surface area contributed by atoms with E-state index in [-0.39, 0.29) is 29.9 Å². The molecule has 0 unspecified atom stereocenters. The van der Waals surface area contributed by atoms with Crippen LogP contribution in [0.3, 0.4) is 0 Å². The van der Waals surface area contributed by atoms with Gasteiger partial charge >= 0.3 is 23.9 Å². The number of fused-ring (bicyclic) bond motifs is 9. The van der Waals surface area contributed by atoms with Crippen molar-refractivity contribution in [2.24, 2.45) is 11.3 Å². The molecule has 0 radical (unpaired) electrons. The number of hydrogen-bond acceptors (Lipinski definition) is 10. The highest BCUT2D eigenvalue weighted by molar-refractivity contribution is 6.06. The molecule has 0 saturated carbocycles.